The zero-order valence-electron chi connectivity index (χ0n) is 11.2. The van der Waals surface area contributed by atoms with E-state index in [9.17, 15) is 13.2 Å². The number of carbonyl (C=O) groups is 1. The van der Waals surface area contributed by atoms with Gasteiger partial charge in [0, 0.05) is 22.8 Å². The van der Waals surface area contributed by atoms with Crippen LogP contribution in [0.1, 0.15) is 22.8 Å². The molecule has 0 unspecified atom stereocenters. The molecule has 0 aliphatic heterocycles. The number of aromatic carboxylic acids is 1. The highest BCUT2D eigenvalue weighted by Crippen LogP contribution is 2.23. The first kappa shape index (κ1) is 15.7. The van der Waals surface area contributed by atoms with Gasteiger partial charge in [-0.1, -0.05) is 0 Å². The van der Waals surface area contributed by atoms with Gasteiger partial charge in [-0.15, -0.1) is 0 Å². The molecule has 0 saturated heterocycles. The van der Waals surface area contributed by atoms with Gasteiger partial charge in [0.15, 0.2) is 9.84 Å². The van der Waals surface area contributed by atoms with Gasteiger partial charge in [0.25, 0.3) is 0 Å². The zero-order valence-corrected chi connectivity index (χ0v) is 13.6. The van der Waals surface area contributed by atoms with Gasteiger partial charge in [0.2, 0.25) is 0 Å². The summed E-state index contributed by atoms with van der Waals surface area (Å²) < 4.78 is 26.7. The van der Waals surface area contributed by atoms with Crippen molar-refractivity contribution in [2.75, 3.05) is 0 Å². The topological polar surface area (TPSA) is 89.3 Å². The Hall–Kier alpha value is -1.67. The Morgan fingerprint density at radius 3 is 2.71 bits per heavy atom. The average molecular weight is 373 g/mol. The molecule has 2 aromatic rings. The maximum atomic E-state index is 12.3. The van der Waals surface area contributed by atoms with Crippen LogP contribution in [0.3, 0.4) is 0 Å². The average Bonchev–Trinajstić information content (AvgIpc) is 2.85. The van der Waals surface area contributed by atoms with Crippen molar-refractivity contribution < 1.29 is 18.3 Å². The monoisotopic (exact) mass is 372 g/mol. The molecular weight excluding hydrogens is 360 g/mol. The highest BCUT2D eigenvalue weighted by molar-refractivity contribution is 9.10. The van der Waals surface area contributed by atoms with Crippen molar-refractivity contribution in [3.8, 4) is 0 Å². The predicted molar refractivity (Wildman–Crippen MR) is 79.9 cm³/mol. The fraction of sp³-hybridized carbons (Fsp3) is 0.231. The second-order valence-corrected chi connectivity index (χ2v) is 7.25. The van der Waals surface area contributed by atoms with E-state index in [-0.39, 0.29) is 16.2 Å². The molecule has 112 valence electrons. The van der Waals surface area contributed by atoms with Gasteiger partial charge in [-0.25, -0.2) is 13.2 Å². The molecule has 8 heteroatoms. The van der Waals surface area contributed by atoms with Gasteiger partial charge in [0.05, 0.1) is 22.4 Å². The van der Waals surface area contributed by atoms with Gasteiger partial charge >= 0.3 is 5.97 Å². The van der Waals surface area contributed by atoms with E-state index >= 15 is 0 Å². The van der Waals surface area contributed by atoms with E-state index in [1.807, 2.05) is 6.92 Å². The Balaban J connectivity index is 2.35. The summed E-state index contributed by atoms with van der Waals surface area (Å²) in [7, 11) is -3.62. The summed E-state index contributed by atoms with van der Waals surface area (Å²) in [6, 6.07) is 3.97. The number of hydrogen-bond acceptors (Lipinski definition) is 4. The Morgan fingerprint density at radius 2 is 2.14 bits per heavy atom. The lowest BCUT2D eigenvalue weighted by molar-refractivity contribution is 0.0695. The van der Waals surface area contributed by atoms with Gasteiger partial charge in [-0.05, 0) is 41.1 Å². The summed E-state index contributed by atoms with van der Waals surface area (Å²) in [6.07, 6.45) is 3.16. The summed E-state index contributed by atoms with van der Waals surface area (Å²) in [5.74, 6) is -1.40. The molecule has 1 aromatic carbocycles. The van der Waals surface area contributed by atoms with Crippen molar-refractivity contribution in [3.63, 3.8) is 0 Å². The van der Waals surface area contributed by atoms with Crippen LogP contribution in [0, 0.1) is 0 Å². The number of sulfone groups is 1. The van der Waals surface area contributed by atoms with Crippen molar-refractivity contribution in [3.05, 3.63) is 46.2 Å². The standard InChI is InChI=1S/C13H13BrN2O4S/c1-2-16-7-9(6-15-16)8-21(19,20)10-3-4-12(14)11(5-10)13(17)18/h3-7H,2,8H2,1H3,(H,17,18). The maximum Gasteiger partial charge on any atom is 0.336 e. The highest BCUT2D eigenvalue weighted by Gasteiger charge is 2.19. The predicted octanol–water partition coefficient (Wildman–Crippen LogP) is 2.34. The summed E-state index contributed by atoms with van der Waals surface area (Å²) in [5, 5.41) is 13.1. The zero-order chi connectivity index (χ0) is 15.6. The lowest BCUT2D eigenvalue weighted by Gasteiger charge is -2.05. The van der Waals surface area contributed by atoms with Gasteiger partial charge in [-0.3, -0.25) is 4.68 Å². The Kier molecular flexibility index (Phi) is 4.48. The van der Waals surface area contributed by atoms with Gasteiger partial charge in [-0.2, -0.15) is 5.10 Å². The van der Waals surface area contributed by atoms with E-state index < -0.39 is 15.8 Å². The third kappa shape index (κ3) is 3.51. The Morgan fingerprint density at radius 1 is 1.43 bits per heavy atom. The fourth-order valence-electron chi connectivity index (χ4n) is 1.82. The number of halogens is 1. The van der Waals surface area contributed by atoms with Crippen LogP contribution >= 0.6 is 15.9 Å². The number of hydrogen-bond donors (Lipinski definition) is 1. The first-order valence-electron chi connectivity index (χ1n) is 6.10. The van der Waals surface area contributed by atoms with Gasteiger partial charge in [0.1, 0.15) is 0 Å². The first-order valence-corrected chi connectivity index (χ1v) is 8.55. The highest BCUT2D eigenvalue weighted by atomic mass is 79.9. The molecule has 2 rings (SSSR count). The summed E-state index contributed by atoms with van der Waals surface area (Å²) in [6.45, 7) is 2.56. The first-order chi connectivity index (χ1) is 9.83. The number of nitrogens with zero attached hydrogens (tertiary/aromatic N) is 2. The van der Waals surface area contributed by atoms with Crippen molar-refractivity contribution in [2.45, 2.75) is 24.1 Å². The molecule has 0 fully saturated rings. The molecule has 0 aliphatic rings. The number of carboxylic acid groups (broad SMARTS) is 1. The summed E-state index contributed by atoms with van der Waals surface area (Å²) in [4.78, 5) is 11.0. The third-order valence-corrected chi connectivity index (χ3v) is 5.27. The normalized spacial score (nSPS) is 11.5. The van der Waals surface area contributed by atoms with Crippen LogP contribution < -0.4 is 0 Å². The number of rotatable bonds is 5. The minimum atomic E-state index is -3.62. The minimum absolute atomic E-state index is 0.0210. The molecule has 0 saturated carbocycles. The van der Waals surface area contributed by atoms with Crippen molar-refractivity contribution >= 4 is 31.7 Å². The number of aryl methyl sites for hydroxylation is 1. The number of carboxylic acids is 1. The number of aromatic nitrogens is 2. The maximum absolute atomic E-state index is 12.3. The quantitative estimate of drug-likeness (QED) is 0.869. The van der Waals surface area contributed by atoms with Crippen LogP contribution in [0.5, 0.6) is 0 Å². The summed E-state index contributed by atoms with van der Waals surface area (Å²) in [5.41, 5.74) is 0.483. The van der Waals surface area contributed by atoms with E-state index in [4.69, 9.17) is 5.11 Å². The van der Waals surface area contributed by atoms with Crippen LogP contribution in [0.15, 0.2) is 40.0 Å². The molecular formula is C13H13BrN2O4S. The van der Waals surface area contributed by atoms with Crippen LogP contribution in [0.2, 0.25) is 0 Å². The van der Waals surface area contributed by atoms with E-state index in [2.05, 4.69) is 21.0 Å². The van der Waals surface area contributed by atoms with E-state index in [0.717, 1.165) is 6.07 Å². The van der Waals surface area contributed by atoms with Crippen LogP contribution in [-0.2, 0) is 22.1 Å². The molecule has 1 N–H and O–H groups in total. The van der Waals surface area contributed by atoms with Crippen molar-refractivity contribution in [1.29, 1.82) is 0 Å². The second kappa shape index (κ2) is 5.98. The molecule has 0 atom stereocenters. The van der Waals surface area contributed by atoms with Crippen molar-refractivity contribution in [1.82, 2.24) is 9.78 Å². The van der Waals surface area contributed by atoms with Crippen LogP contribution in [-0.4, -0.2) is 29.3 Å². The van der Waals surface area contributed by atoms with E-state index in [0.29, 0.717) is 16.6 Å². The molecule has 0 spiro atoms. The van der Waals surface area contributed by atoms with E-state index in [1.165, 1.54) is 18.3 Å². The van der Waals surface area contributed by atoms with E-state index in [1.54, 1.807) is 10.9 Å². The molecule has 0 radical (unpaired) electrons. The minimum Gasteiger partial charge on any atom is -0.478 e. The third-order valence-electron chi connectivity index (χ3n) is 2.89. The fourth-order valence-corrected chi connectivity index (χ4v) is 3.56. The SMILES string of the molecule is CCn1cc(CS(=O)(=O)c2ccc(Br)c(C(=O)O)c2)cn1. The number of benzene rings is 1. The molecule has 1 heterocycles. The Labute approximate surface area is 130 Å². The lowest BCUT2D eigenvalue weighted by atomic mass is 10.2. The second-order valence-electron chi connectivity index (χ2n) is 4.41. The molecule has 21 heavy (non-hydrogen) atoms. The molecule has 0 aliphatic carbocycles. The van der Waals surface area contributed by atoms with Gasteiger partial charge < -0.3 is 5.11 Å². The lowest BCUT2D eigenvalue weighted by Crippen LogP contribution is -2.07. The van der Waals surface area contributed by atoms with Crippen LogP contribution in [0.4, 0.5) is 0 Å². The smallest absolute Gasteiger partial charge is 0.336 e. The molecule has 0 bridgehead atoms. The Bertz CT molecular complexity index is 783. The van der Waals surface area contributed by atoms with Crippen LogP contribution in [0.25, 0.3) is 0 Å². The summed E-state index contributed by atoms with van der Waals surface area (Å²) >= 11 is 3.09. The largest absolute Gasteiger partial charge is 0.478 e. The molecule has 1 aromatic heterocycles. The molecule has 6 nitrogen and oxygen atoms in total. The molecule has 0 amide bonds. The van der Waals surface area contributed by atoms with Crippen molar-refractivity contribution in [2.24, 2.45) is 0 Å².